The van der Waals surface area contributed by atoms with Crippen LogP contribution in [0.1, 0.15) is 0 Å². The van der Waals surface area contributed by atoms with Gasteiger partial charge in [-0.1, -0.05) is 6.07 Å². The fourth-order valence-corrected chi connectivity index (χ4v) is 1.14. The van der Waals surface area contributed by atoms with Crippen LogP contribution >= 0.6 is 0 Å². The first-order valence-corrected chi connectivity index (χ1v) is 4.17. The Hall–Kier alpha value is -0.343. The molecule has 0 heterocycles. The quantitative estimate of drug-likeness (QED) is 0.508. The van der Waals surface area contributed by atoms with Gasteiger partial charge in [-0.2, -0.15) is 8.42 Å². The molecule has 1 aromatic carbocycles. The molecule has 12 heavy (non-hydrogen) atoms. The summed E-state index contributed by atoms with van der Waals surface area (Å²) in [5, 5.41) is 0. The van der Waals surface area contributed by atoms with E-state index < -0.39 is 20.8 Å². The molecular formula is C6H6FLiO3S. The van der Waals surface area contributed by atoms with Gasteiger partial charge in [-0.15, -0.1) is 0 Å². The van der Waals surface area contributed by atoms with Crippen molar-refractivity contribution in [1.29, 1.82) is 0 Å². The van der Waals surface area contributed by atoms with E-state index in [1.54, 1.807) is 0 Å². The molecule has 0 amide bonds. The van der Waals surface area contributed by atoms with Crippen LogP contribution in [0.15, 0.2) is 29.2 Å². The van der Waals surface area contributed by atoms with Crippen LogP contribution in [0.25, 0.3) is 0 Å². The van der Waals surface area contributed by atoms with Gasteiger partial charge in [0.15, 0.2) is 0 Å². The summed E-state index contributed by atoms with van der Waals surface area (Å²) in [6.45, 7) is 0. The van der Waals surface area contributed by atoms with Crippen molar-refractivity contribution in [3.05, 3.63) is 30.1 Å². The molecule has 1 N–H and O–H groups in total. The molecule has 0 aliphatic carbocycles. The van der Waals surface area contributed by atoms with E-state index in [9.17, 15) is 12.8 Å². The van der Waals surface area contributed by atoms with E-state index in [2.05, 4.69) is 0 Å². The van der Waals surface area contributed by atoms with Crippen LogP contribution in [0.2, 0.25) is 0 Å². The van der Waals surface area contributed by atoms with Gasteiger partial charge in [0.2, 0.25) is 0 Å². The molecule has 1 rings (SSSR count). The number of benzene rings is 1. The monoisotopic (exact) mass is 184 g/mol. The molecule has 0 saturated heterocycles. The average molecular weight is 184 g/mol. The Labute approximate surface area is 81.5 Å². The Bertz CT molecular complexity index is 363. The van der Waals surface area contributed by atoms with Gasteiger partial charge in [-0.25, -0.2) is 4.39 Å². The first kappa shape index (κ1) is 11.7. The van der Waals surface area contributed by atoms with Crippen LogP contribution < -0.4 is 0 Å². The molecule has 1 aromatic rings. The third kappa shape index (κ3) is 2.95. The summed E-state index contributed by atoms with van der Waals surface area (Å²) >= 11 is 0. The van der Waals surface area contributed by atoms with Crippen molar-refractivity contribution in [1.82, 2.24) is 0 Å². The third-order valence-corrected chi connectivity index (χ3v) is 1.94. The van der Waals surface area contributed by atoms with Gasteiger partial charge in [0.1, 0.15) is 5.82 Å². The second kappa shape index (κ2) is 4.05. The van der Waals surface area contributed by atoms with Crippen LogP contribution in [-0.2, 0) is 10.1 Å². The maximum absolute atomic E-state index is 12.3. The molecule has 6 heteroatoms. The van der Waals surface area contributed by atoms with Gasteiger partial charge >= 0.3 is 18.9 Å². The Kier molecular flexibility index (Phi) is 3.94. The van der Waals surface area contributed by atoms with E-state index in [1.165, 1.54) is 6.07 Å². The molecule has 0 radical (unpaired) electrons. The Balaban J connectivity index is 0.00000121. The number of hydrogen-bond acceptors (Lipinski definition) is 2. The van der Waals surface area contributed by atoms with Gasteiger partial charge in [0.25, 0.3) is 10.1 Å². The van der Waals surface area contributed by atoms with E-state index in [4.69, 9.17) is 4.55 Å². The number of hydrogen-bond donors (Lipinski definition) is 1. The summed E-state index contributed by atoms with van der Waals surface area (Å²) in [7, 11) is -4.27. The SMILES string of the molecule is O=S(=O)(O)c1cccc(F)c1.[LiH]. The van der Waals surface area contributed by atoms with Crippen molar-refractivity contribution in [3.8, 4) is 0 Å². The van der Waals surface area contributed by atoms with Crippen molar-refractivity contribution in [2.75, 3.05) is 0 Å². The minimum absolute atomic E-state index is 0. The molecule has 0 spiro atoms. The molecular weight excluding hydrogens is 178 g/mol. The summed E-state index contributed by atoms with van der Waals surface area (Å²) in [6.07, 6.45) is 0. The summed E-state index contributed by atoms with van der Waals surface area (Å²) in [5.41, 5.74) is 0. The predicted molar refractivity (Wildman–Crippen MR) is 43.4 cm³/mol. The van der Waals surface area contributed by atoms with Crippen LogP contribution in [0.5, 0.6) is 0 Å². The van der Waals surface area contributed by atoms with E-state index in [-0.39, 0.29) is 18.9 Å². The Morgan fingerprint density at radius 3 is 2.25 bits per heavy atom. The van der Waals surface area contributed by atoms with Crippen LogP contribution in [0.4, 0.5) is 4.39 Å². The van der Waals surface area contributed by atoms with Gasteiger partial charge < -0.3 is 0 Å². The second-order valence-electron chi connectivity index (χ2n) is 1.93. The normalized spacial score (nSPS) is 10.5. The van der Waals surface area contributed by atoms with Crippen LogP contribution in [0, 0.1) is 5.82 Å². The first-order chi connectivity index (χ1) is 5.00. The van der Waals surface area contributed by atoms with E-state index in [0.717, 1.165) is 18.2 Å². The zero-order chi connectivity index (χ0) is 8.48. The zero-order valence-electron chi connectivity index (χ0n) is 5.36. The van der Waals surface area contributed by atoms with E-state index >= 15 is 0 Å². The molecule has 0 fully saturated rings. The fourth-order valence-electron chi connectivity index (χ4n) is 0.627. The minimum atomic E-state index is -4.27. The van der Waals surface area contributed by atoms with Crippen molar-refractivity contribution >= 4 is 29.0 Å². The fraction of sp³-hybridized carbons (Fsp3) is 0. The molecule has 0 bridgehead atoms. The standard InChI is InChI=1S/C6H5FO3S.Li.H/c7-5-2-1-3-6(4-5)11(8,9)10;;/h1-4H,(H,8,9,10);;. The maximum atomic E-state index is 12.3. The summed E-state index contributed by atoms with van der Waals surface area (Å²) in [4.78, 5) is -0.433. The molecule has 0 aliphatic rings. The molecule has 3 nitrogen and oxygen atoms in total. The first-order valence-electron chi connectivity index (χ1n) is 2.73. The molecule has 0 saturated carbocycles. The van der Waals surface area contributed by atoms with Gasteiger partial charge in [0, 0.05) is 0 Å². The molecule has 0 aliphatic heterocycles. The summed E-state index contributed by atoms with van der Waals surface area (Å²) in [6, 6.07) is 4.15. The van der Waals surface area contributed by atoms with Gasteiger partial charge in [0.05, 0.1) is 4.90 Å². The molecule has 0 aromatic heterocycles. The Morgan fingerprint density at radius 2 is 1.92 bits per heavy atom. The van der Waals surface area contributed by atoms with Crippen LogP contribution in [-0.4, -0.2) is 31.8 Å². The summed E-state index contributed by atoms with van der Waals surface area (Å²) in [5.74, 6) is -0.694. The summed E-state index contributed by atoms with van der Waals surface area (Å²) < 4.78 is 41.5. The van der Waals surface area contributed by atoms with E-state index in [1.807, 2.05) is 0 Å². The van der Waals surface area contributed by atoms with Gasteiger partial charge in [-0.05, 0) is 18.2 Å². The van der Waals surface area contributed by atoms with Crippen molar-refractivity contribution in [3.63, 3.8) is 0 Å². The topological polar surface area (TPSA) is 54.4 Å². The Morgan fingerprint density at radius 1 is 1.33 bits per heavy atom. The van der Waals surface area contributed by atoms with Crippen molar-refractivity contribution in [2.45, 2.75) is 4.90 Å². The van der Waals surface area contributed by atoms with E-state index in [0.29, 0.717) is 0 Å². The van der Waals surface area contributed by atoms with Crippen molar-refractivity contribution < 1.29 is 17.4 Å². The number of rotatable bonds is 1. The third-order valence-electron chi connectivity index (χ3n) is 1.09. The molecule has 62 valence electrons. The molecule has 0 unspecified atom stereocenters. The van der Waals surface area contributed by atoms with Crippen LogP contribution in [0.3, 0.4) is 0 Å². The predicted octanol–water partition coefficient (Wildman–Crippen LogP) is 0.424. The second-order valence-corrected chi connectivity index (χ2v) is 3.35. The number of halogens is 1. The average Bonchev–Trinajstić information content (AvgIpc) is 1.86. The van der Waals surface area contributed by atoms with Gasteiger partial charge in [-0.3, -0.25) is 4.55 Å². The van der Waals surface area contributed by atoms with Crippen molar-refractivity contribution in [2.24, 2.45) is 0 Å². The molecule has 0 atom stereocenters. The zero-order valence-corrected chi connectivity index (χ0v) is 6.18.